The first-order valence-corrected chi connectivity index (χ1v) is 6.45. The molecule has 0 bridgehead atoms. The molecule has 1 aliphatic rings. The quantitative estimate of drug-likeness (QED) is 0.916. The third-order valence-corrected chi connectivity index (χ3v) is 3.24. The van der Waals surface area contributed by atoms with Gasteiger partial charge in [0.25, 0.3) is 0 Å². The summed E-state index contributed by atoms with van der Waals surface area (Å²) in [5.74, 6) is 0.951. The minimum absolute atomic E-state index is 0.224. The molecular formula is C16H16O3. The van der Waals surface area contributed by atoms with E-state index in [0.717, 1.165) is 29.7 Å². The van der Waals surface area contributed by atoms with Gasteiger partial charge in [0.15, 0.2) is 0 Å². The van der Waals surface area contributed by atoms with E-state index in [1.165, 1.54) is 0 Å². The molecule has 0 aliphatic carbocycles. The molecular weight excluding hydrogens is 240 g/mol. The minimum atomic E-state index is -0.241. The van der Waals surface area contributed by atoms with Crippen molar-refractivity contribution in [3.8, 4) is 11.5 Å². The van der Waals surface area contributed by atoms with Crippen LogP contribution in [0.4, 0.5) is 0 Å². The third-order valence-electron chi connectivity index (χ3n) is 3.24. The molecule has 1 N–H and O–H groups in total. The van der Waals surface area contributed by atoms with Gasteiger partial charge < -0.3 is 14.6 Å². The van der Waals surface area contributed by atoms with Crippen molar-refractivity contribution in [1.82, 2.24) is 0 Å². The van der Waals surface area contributed by atoms with Gasteiger partial charge in [0, 0.05) is 12.5 Å². The molecule has 98 valence electrons. The van der Waals surface area contributed by atoms with Gasteiger partial charge in [-0.2, -0.15) is 0 Å². The Balaban J connectivity index is 1.62. The summed E-state index contributed by atoms with van der Waals surface area (Å²) in [6.45, 7) is 0.541. The van der Waals surface area contributed by atoms with Crippen LogP contribution in [-0.4, -0.2) is 11.4 Å². The Bertz CT molecular complexity index is 551. The molecule has 3 rings (SSSR count). The molecule has 0 radical (unpaired) electrons. The van der Waals surface area contributed by atoms with Gasteiger partial charge in [-0.15, -0.1) is 0 Å². The number of phenolic OH excluding ortho intramolecular Hbond substituents is 1. The number of benzene rings is 2. The van der Waals surface area contributed by atoms with Gasteiger partial charge in [0.2, 0.25) is 6.29 Å². The summed E-state index contributed by atoms with van der Waals surface area (Å²) in [6.07, 6.45) is 1.51. The van der Waals surface area contributed by atoms with Gasteiger partial charge in [-0.3, -0.25) is 0 Å². The first kappa shape index (κ1) is 12.1. The van der Waals surface area contributed by atoms with Crippen molar-refractivity contribution >= 4 is 0 Å². The minimum Gasteiger partial charge on any atom is -0.508 e. The Hall–Kier alpha value is -2.00. The highest BCUT2D eigenvalue weighted by Gasteiger charge is 2.20. The SMILES string of the molecule is Oc1ccc2c(c1)OC(OCc1ccccc1)CC2. The average Bonchev–Trinajstić information content (AvgIpc) is 2.46. The van der Waals surface area contributed by atoms with Crippen LogP contribution in [0.15, 0.2) is 48.5 Å². The predicted molar refractivity (Wildman–Crippen MR) is 72.1 cm³/mol. The fourth-order valence-corrected chi connectivity index (χ4v) is 2.21. The van der Waals surface area contributed by atoms with Crippen LogP contribution < -0.4 is 4.74 Å². The smallest absolute Gasteiger partial charge is 0.200 e. The maximum atomic E-state index is 9.46. The fraction of sp³-hybridized carbons (Fsp3) is 0.250. The first-order chi connectivity index (χ1) is 9.31. The molecule has 19 heavy (non-hydrogen) atoms. The van der Waals surface area contributed by atoms with Crippen molar-refractivity contribution in [2.24, 2.45) is 0 Å². The largest absolute Gasteiger partial charge is 0.508 e. The summed E-state index contributed by atoms with van der Waals surface area (Å²) < 4.78 is 11.5. The average molecular weight is 256 g/mol. The van der Waals surface area contributed by atoms with E-state index in [-0.39, 0.29) is 12.0 Å². The Kier molecular flexibility index (Phi) is 3.38. The van der Waals surface area contributed by atoms with E-state index in [9.17, 15) is 5.11 Å². The molecule has 3 heteroatoms. The summed E-state index contributed by atoms with van der Waals surface area (Å²) in [5.41, 5.74) is 2.25. The van der Waals surface area contributed by atoms with Crippen LogP contribution in [0.3, 0.4) is 0 Å². The van der Waals surface area contributed by atoms with Crippen LogP contribution >= 0.6 is 0 Å². The molecule has 2 aromatic rings. The van der Waals surface area contributed by atoms with Gasteiger partial charge in [0.1, 0.15) is 11.5 Å². The lowest BCUT2D eigenvalue weighted by Crippen LogP contribution is -2.25. The van der Waals surface area contributed by atoms with Gasteiger partial charge in [-0.1, -0.05) is 36.4 Å². The number of aromatic hydroxyl groups is 1. The zero-order valence-electron chi connectivity index (χ0n) is 10.6. The molecule has 0 fully saturated rings. The number of aryl methyl sites for hydroxylation is 1. The lowest BCUT2D eigenvalue weighted by atomic mass is 10.1. The van der Waals surface area contributed by atoms with Crippen LogP contribution in [0.5, 0.6) is 11.5 Å². The second kappa shape index (κ2) is 5.33. The molecule has 0 spiro atoms. The zero-order chi connectivity index (χ0) is 13.1. The standard InChI is InChI=1S/C16H16O3/c17-14-8-6-13-7-9-16(19-15(13)10-14)18-11-12-4-2-1-3-5-12/h1-6,8,10,16-17H,7,9,11H2. The fourth-order valence-electron chi connectivity index (χ4n) is 2.21. The Morgan fingerprint density at radius 2 is 2.00 bits per heavy atom. The molecule has 0 saturated carbocycles. The molecule has 1 aliphatic heterocycles. The van der Waals surface area contributed by atoms with Crippen molar-refractivity contribution in [2.45, 2.75) is 25.7 Å². The van der Waals surface area contributed by atoms with E-state index in [0.29, 0.717) is 6.61 Å². The number of hydrogen-bond donors (Lipinski definition) is 1. The van der Waals surface area contributed by atoms with Crippen LogP contribution in [0, 0.1) is 0 Å². The molecule has 1 heterocycles. The van der Waals surface area contributed by atoms with Crippen molar-refractivity contribution in [3.05, 3.63) is 59.7 Å². The highest BCUT2D eigenvalue weighted by Crippen LogP contribution is 2.31. The molecule has 0 saturated heterocycles. The van der Waals surface area contributed by atoms with E-state index in [4.69, 9.17) is 9.47 Å². The van der Waals surface area contributed by atoms with Crippen LogP contribution in [0.1, 0.15) is 17.5 Å². The van der Waals surface area contributed by atoms with Crippen LogP contribution in [0.2, 0.25) is 0 Å². The predicted octanol–water partition coefficient (Wildman–Crippen LogP) is 3.26. The maximum Gasteiger partial charge on any atom is 0.200 e. The van der Waals surface area contributed by atoms with E-state index >= 15 is 0 Å². The second-order valence-electron chi connectivity index (χ2n) is 4.67. The molecule has 0 amide bonds. The monoisotopic (exact) mass is 256 g/mol. The summed E-state index contributed by atoms with van der Waals surface area (Å²) in [7, 11) is 0. The number of ether oxygens (including phenoxy) is 2. The summed E-state index contributed by atoms with van der Waals surface area (Å²) in [5, 5.41) is 9.46. The molecule has 1 atom stereocenters. The number of rotatable bonds is 3. The normalized spacial score (nSPS) is 17.6. The lowest BCUT2D eigenvalue weighted by molar-refractivity contribution is -0.0995. The van der Waals surface area contributed by atoms with Crippen molar-refractivity contribution in [3.63, 3.8) is 0 Å². The number of hydrogen-bond acceptors (Lipinski definition) is 3. The lowest BCUT2D eigenvalue weighted by Gasteiger charge is -2.26. The van der Waals surface area contributed by atoms with Crippen molar-refractivity contribution in [2.75, 3.05) is 0 Å². The van der Waals surface area contributed by atoms with Gasteiger partial charge in [0.05, 0.1) is 6.61 Å². The first-order valence-electron chi connectivity index (χ1n) is 6.45. The van der Waals surface area contributed by atoms with E-state index in [2.05, 4.69) is 0 Å². The number of fused-ring (bicyclic) bond motifs is 1. The summed E-state index contributed by atoms with van der Waals surface area (Å²) in [6, 6.07) is 15.3. The summed E-state index contributed by atoms with van der Waals surface area (Å²) >= 11 is 0. The molecule has 3 nitrogen and oxygen atoms in total. The van der Waals surface area contributed by atoms with Gasteiger partial charge in [-0.05, 0) is 23.6 Å². The van der Waals surface area contributed by atoms with E-state index in [1.807, 2.05) is 36.4 Å². The zero-order valence-corrected chi connectivity index (χ0v) is 10.6. The van der Waals surface area contributed by atoms with Crippen molar-refractivity contribution < 1.29 is 14.6 Å². The molecule has 1 unspecified atom stereocenters. The van der Waals surface area contributed by atoms with Crippen LogP contribution in [0.25, 0.3) is 0 Å². The highest BCUT2D eigenvalue weighted by atomic mass is 16.7. The molecule has 2 aromatic carbocycles. The van der Waals surface area contributed by atoms with E-state index < -0.39 is 0 Å². The van der Waals surface area contributed by atoms with Crippen LogP contribution in [-0.2, 0) is 17.8 Å². The van der Waals surface area contributed by atoms with Gasteiger partial charge in [-0.25, -0.2) is 0 Å². The highest BCUT2D eigenvalue weighted by molar-refractivity contribution is 5.41. The number of phenols is 1. The Morgan fingerprint density at radius 3 is 2.84 bits per heavy atom. The summed E-state index contributed by atoms with van der Waals surface area (Å²) in [4.78, 5) is 0. The van der Waals surface area contributed by atoms with Gasteiger partial charge >= 0.3 is 0 Å². The van der Waals surface area contributed by atoms with E-state index in [1.54, 1.807) is 12.1 Å². The Labute approximate surface area is 112 Å². The van der Waals surface area contributed by atoms with Crippen molar-refractivity contribution in [1.29, 1.82) is 0 Å². The second-order valence-corrected chi connectivity index (χ2v) is 4.67. The maximum absolute atomic E-state index is 9.46. The third kappa shape index (κ3) is 2.88. The molecule has 0 aromatic heterocycles. The Morgan fingerprint density at radius 1 is 1.16 bits per heavy atom. The topological polar surface area (TPSA) is 38.7 Å².